The lowest BCUT2D eigenvalue weighted by atomic mass is 10.3. The first-order valence-electron chi connectivity index (χ1n) is 5.96. The minimum absolute atomic E-state index is 0.0798. The van der Waals surface area contributed by atoms with Gasteiger partial charge in [0, 0.05) is 22.8 Å². The fourth-order valence-corrected chi connectivity index (χ4v) is 5.06. The van der Waals surface area contributed by atoms with E-state index in [4.69, 9.17) is 20.2 Å². The van der Waals surface area contributed by atoms with Crippen molar-refractivity contribution in [3.8, 4) is 11.5 Å². The first-order valence-corrected chi connectivity index (χ1v) is 10.6. The second kappa shape index (κ2) is 6.56. The molecule has 7 nitrogen and oxygen atoms in total. The summed E-state index contributed by atoms with van der Waals surface area (Å²) in [5, 5.41) is 1.62. The third-order valence-electron chi connectivity index (χ3n) is 2.72. The Balaban J connectivity index is 2.54. The summed E-state index contributed by atoms with van der Waals surface area (Å²) in [4.78, 5) is -0.372. The highest BCUT2D eigenvalue weighted by molar-refractivity contribution is 8.14. The fourth-order valence-electron chi connectivity index (χ4n) is 1.80. The Morgan fingerprint density at radius 2 is 1.65 bits per heavy atom. The minimum Gasteiger partial charge on any atom is -0.495 e. The van der Waals surface area contributed by atoms with Crippen molar-refractivity contribution in [2.24, 2.45) is 0 Å². The van der Waals surface area contributed by atoms with Gasteiger partial charge in [0.15, 0.2) is 4.90 Å². The highest BCUT2D eigenvalue weighted by atomic mass is 35.7. The van der Waals surface area contributed by atoms with E-state index in [1.54, 1.807) is 11.4 Å². The molecule has 1 aromatic carbocycles. The molecule has 23 heavy (non-hydrogen) atoms. The molecule has 2 aromatic rings. The summed E-state index contributed by atoms with van der Waals surface area (Å²) in [5.74, 6) is -0.272. The Kier molecular flexibility index (Phi) is 5.09. The number of rotatable bonds is 6. The number of hydrogen-bond donors (Lipinski definition) is 1. The van der Waals surface area contributed by atoms with Crippen LogP contribution < -0.4 is 14.2 Å². The number of thiophene rings is 1. The standard InChI is InChI=1S/C12H12ClNO6S3/c1-19-9-6-8(7-10(20-2)12(9)22(13,15)16)14-23(17,18)11-4-3-5-21-11/h3-7,14H,1-2H3. The van der Waals surface area contributed by atoms with Crippen molar-refractivity contribution in [3.63, 3.8) is 0 Å². The average molecular weight is 398 g/mol. The first kappa shape index (κ1) is 17.9. The molecule has 1 heterocycles. The van der Waals surface area contributed by atoms with Crippen LogP contribution in [0.15, 0.2) is 38.8 Å². The lowest BCUT2D eigenvalue weighted by Crippen LogP contribution is -2.12. The van der Waals surface area contributed by atoms with Gasteiger partial charge >= 0.3 is 0 Å². The summed E-state index contributed by atoms with van der Waals surface area (Å²) >= 11 is 1.05. The zero-order valence-electron chi connectivity index (χ0n) is 11.9. The van der Waals surface area contributed by atoms with Crippen LogP contribution in [0.3, 0.4) is 0 Å². The van der Waals surface area contributed by atoms with Crippen molar-refractivity contribution < 1.29 is 26.3 Å². The van der Waals surface area contributed by atoms with E-state index in [0.29, 0.717) is 0 Å². The van der Waals surface area contributed by atoms with Gasteiger partial charge in [0.2, 0.25) is 0 Å². The van der Waals surface area contributed by atoms with Gasteiger partial charge in [-0.2, -0.15) is 0 Å². The molecule has 0 bridgehead atoms. The van der Waals surface area contributed by atoms with Crippen molar-refractivity contribution in [1.82, 2.24) is 0 Å². The third kappa shape index (κ3) is 3.89. The first-order chi connectivity index (χ1) is 10.7. The predicted molar refractivity (Wildman–Crippen MR) is 87.7 cm³/mol. The molecule has 0 atom stereocenters. The lowest BCUT2D eigenvalue weighted by Gasteiger charge is -2.14. The maximum atomic E-state index is 12.2. The molecule has 0 unspecified atom stereocenters. The SMILES string of the molecule is COc1cc(NS(=O)(=O)c2cccs2)cc(OC)c1S(=O)(=O)Cl. The molecule has 0 saturated heterocycles. The van der Waals surface area contributed by atoms with Gasteiger partial charge in [0.05, 0.1) is 19.9 Å². The van der Waals surface area contributed by atoms with Crippen molar-refractivity contribution in [1.29, 1.82) is 0 Å². The van der Waals surface area contributed by atoms with E-state index in [-0.39, 0.29) is 26.3 Å². The summed E-state index contributed by atoms with van der Waals surface area (Å²) in [6.45, 7) is 0. The van der Waals surface area contributed by atoms with Crippen LogP contribution in [-0.4, -0.2) is 31.1 Å². The summed E-state index contributed by atoms with van der Waals surface area (Å²) < 4.78 is 60.1. The van der Waals surface area contributed by atoms with Gasteiger partial charge in [-0.05, 0) is 11.4 Å². The number of benzene rings is 1. The van der Waals surface area contributed by atoms with Gasteiger partial charge in [-0.15, -0.1) is 11.3 Å². The minimum atomic E-state index is -4.14. The van der Waals surface area contributed by atoms with Crippen LogP contribution in [0.25, 0.3) is 0 Å². The Hall–Kier alpha value is -1.49. The van der Waals surface area contributed by atoms with Crippen LogP contribution in [-0.2, 0) is 19.1 Å². The smallest absolute Gasteiger partial charge is 0.271 e. The molecule has 0 radical (unpaired) electrons. The molecule has 0 aliphatic rings. The molecule has 0 amide bonds. The Labute approximate surface area is 142 Å². The zero-order valence-corrected chi connectivity index (χ0v) is 15.1. The summed E-state index contributed by atoms with van der Waals surface area (Å²) in [7, 11) is -0.102. The van der Waals surface area contributed by atoms with E-state index in [2.05, 4.69) is 4.72 Å². The lowest BCUT2D eigenvalue weighted by molar-refractivity contribution is 0.374. The van der Waals surface area contributed by atoms with E-state index in [1.807, 2.05) is 0 Å². The van der Waals surface area contributed by atoms with Crippen LogP contribution >= 0.6 is 22.0 Å². The van der Waals surface area contributed by atoms with E-state index in [0.717, 1.165) is 11.3 Å². The largest absolute Gasteiger partial charge is 0.495 e. The van der Waals surface area contributed by atoms with Crippen molar-refractivity contribution >= 4 is 46.8 Å². The summed E-state index contributed by atoms with van der Waals surface area (Å²) in [6, 6.07) is 5.47. The number of ether oxygens (including phenoxy) is 2. The number of sulfonamides is 1. The van der Waals surface area contributed by atoms with Crippen molar-refractivity contribution in [2.45, 2.75) is 9.10 Å². The second-order valence-corrected chi connectivity index (χ2v) is 9.55. The van der Waals surface area contributed by atoms with E-state index in [1.165, 1.54) is 32.4 Å². The summed E-state index contributed by atoms with van der Waals surface area (Å²) in [5.41, 5.74) is 0.0798. The van der Waals surface area contributed by atoms with Gasteiger partial charge < -0.3 is 9.47 Å². The van der Waals surface area contributed by atoms with Gasteiger partial charge in [0.25, 0.3) is 19.1 Å². The molecule has 1 N–H and O–H groups in total. The normalized spacial score (nSPS) is 12.0. The topological polar surface area (TPSA) is 98.8 Å². The molecule has 0 fully saturated rings. The number of halogens is 1. The van der Waals surface area contributed by atoms with E-state index < -0.39 is 19.1 Å². The Morgan fingerprint density at radius 3 is 2.04 bits per heavy atom. The highest BCUT2D eigenvalue weighted by Crippen LogP contribution is 2.39. The quantitative estimate of drug-likeness (QED) is 0.752. The van der Waals surface area contributed by atoms with Crippen LogP contribution in [0.5, 0.6) is 11.5 Å². The maximum Gasteiger partial charge on any atom is 0.271 e. The number of nitrogens with one attached hydrogen (secondary N) is 1. The Morgan fingerprint density at radius 1 is 1.09 bits per heavy atom. The molecule has 0 aliphatic carbocycles. The number of hydrogen-bond acceptors (Lipinski definition) is 7. The second-order valence-electron chi connectivity index (χ2n) is 4.19. The highest BCUT2D eigenvalue weighted by Gasteiger charge is 2.25. The molecule has 126 valence electrons. The fraction of sp³-hybridized carbons (Fsp3) is 0.167. The van der Waals surface area contributed by atoms with Crippen molar-refractivity contribution in [3.05, 3.63) is 29.6 Å². The van der Waals surface area contributed by atoms with Crippen LogP contribution in [0, 0.1) is 0 Å². The maximum absolute atomic E-state index is 12.2. The number of methoxy groups -OCH3 is 2. The third-order valence-corrected chi connectivity index (χ3v) is 6.85. The van der Waals surface area contributed by atoms with Gasteiger partial charge in [0.1, 0.15) is 15.7 Å². The molecule has 2 rings (SSSR count). The number of anilines is 1. The zero-order chi connectivity index (χ0) is 17.3. The predicted octanol–water partition coefficient (Wildman–Crippen LogP) is 2.49. The van der Waals surface area contributed by atoms with Crippen LogP contribution in [0.2, 0.25) is 0 Å². The van der Waals surface area contributed by atoms with Crippen LogP contribution in [0.4, 0.5) is 5.69 Å². The molecular formula is C12H12ClNO6S3. The monoisotopic (exact) mass is 397 g/mol. The molecule has 11 heteroatoms. The molecule has 1 aromatic heterocycles. The average Bonchev–Trinajstić information content (AvgIpc) is 2.99. The molecule has 0 aliphatic heterocycles. The Bertz CT molecular complexity index is 881. The van der Waals surface area contributed by atoms with E-state index in [9.17, 15) is 16.8 Å². The van der Waals surface area contributed by atoms with Crippen molar-refractivity contribution in [2.75, 3.05) is 18.9 Å². The molecule has 0 spiro atoms. The molecule has 0 saturated carbocycles. The van der Waals surface area contributed by atoms with Crippen LogP contribution in [0.1, 0.15) is 0 Å². The van der Waals surface area contributed by atoms with Gasteiger partial charge in [-0.1, -0.05) is 6.07 Å². The van der Waals surface area contributed by atoms with E-state index >= 15 is 0 Å². The van der Waals surface area contributed by atoms with Gasteiger partial charge in [-0.3, -0.25) is 4.72 Å². The summed E-state index contributed by atoms with van der Waals surface area (Å²) in [6.07, 6.45) is 0. The molecular weight excluding hydrogens is 386 g/mol. The van der Waals surface area contributed by atoms with Gasteiger partial charge in [-0.25, -0.2) is 16.8 Å².